The highest BCUT2D eigenvalue weighted by Crippen LogP contribution is 2.33. The number of rotatable bonds is 4. The minimum Gasteiger partial charge on any atom is -0.438 e. The van der Waals surface area contributed by atoms with Crippen LogP contribution < -0.4 is 10.5 Å². The van der Waals surface area contributed by atoms with Crippen LogP contribution in [0.3, 0.4) is 0 Å². The minimum absolute atomic E-state index is 0.437. The topological polar surface area (TPSA) is 61.0 Å². The lowest BCUT2D eigenvalue weighted by atomic mass is 9.98. The number of ether oxygens (including phenoxy) is 1. The third-order valence-corrected chi connectivity index (χ3v) is 3.52. The number of hydrogen-bond donors (Lipinski definition) is 1. The summed E-state index contributed by atoms with van der Waals surface area (Å²) in [6, 6.07) is 8.06. The largest absolute Gasteiger partial charge is 0.438 e. The molecule has 0 saturated heterocycles. The minimum atomic E-state index is 0.437. The Kier molecular flexibility index (Phi) is 4.23. The smallest absolute Gasteiger partial charge is 0.227 e. The Labute approximate surface area is 120 Å². The lowest BCUT2D eigenvalue weighted by Crippen LogP contribution is -2.03. The maximum atomic E-state index is 5.99. The summed E-state index contributed by atoms with van der Waals surface area (Å²) in [7, 11) is 0. The van der Waals surface area contributed by atoms with Crippen molar-refractivity contribution in [2.24, 2.45) is 0 Å². The quantitative estimate of drug-likeness (QED) is 0.913. The molecule has 1 aromatic heterocycles. The van der Waals surface area contributed by atoms with Gasteiger partial charge in [0.25, 0.3) is 0 Å². The number of aryl methyl sites for hydroxylation is 1. The van der Waals surface area contributed by atoms with E-state index in [2.05, 4.69) is 29.9 Å². The van der Waals surface area contributed by atoms with Gasteiger partial charge < -0.3 is 10.5 Å². The summed E-state index contributed by atoms with van der Waals surface area (Å²) < 4.78 is 5.99. The second-order valence-electron chi connectivity index (χ2n) is 5.04. The number of para-hydroxylation sites is 1. The van der Waals surface area contributed by atoms with E-state index >= 15 is 0 Å². The molecule has 0 aliphatic heterocycles. The van der Waals surface area contributed by atoms with Crippen LogP contribution in [-0.2, 0) is 0 Å². The second kappa shape index (κ2) is 5.90. The zero-order valence-corrected chi connectivity index (χ0v) is 12.5. The Morgan fingerprint density at radius 3 is 2.60 bits per heavy atom. The second-order valence-corrected chi connectivity index (χ2v) is 5.04. The molecular weight excluding hydrogens is 250 g/mol. The van der Waals surface area contributed by atoms with E-state index < -0.39 is 0 Å². The molecule has 0 fully saturated rings. The van der Waals surface area contributed by atoms with Crippen LogP contribution in [-0.4, -0.2) is 9.97 Å². The third-order valence-electron chi connectivity index (χ3n) is 3.52. The van der Waals surface area contributed by atoms with E-state index in [1.54, 1.807) is 0 Å². The third kappa shape index (κ3) is 2.90. The van der Waals surface area contributed by atoms with Gasteiger partial charge in [-0.15, -0.1) is 0 Å². The van der Waals surface area contributed by atoms with E-state index in [4.69, 9.17) is 10.5 Å². The Morgan fingerprint density at radius 2 is 1.90 bits per heavy atom. The molecule has 2 rings (SSSR count). The van der Waals surface area contributed by atoms with Gasteiger partial charge in [0.15, 0.2) is 0 Å². The molecule has 0 bridgehead atoms. The first kappa shape index (κ1) is 14.3. The first-order chi connectivity index (χ1) is 9.52. The summed E-state index contributed by atoms with van der Waals surface area (Å²) in [6.45, 7) is 8.04. The Morgan fingerprint density at radius 1 is 1.20 bits per heavy atom. The number of nitrogens with two attached hydrogens (primary N) is 1. The van der Waals surface area contributed by atoms with Crippen LogP contribution in [0.25, 0.3) is 0 Å². The van der Waals surface area contributed by atoms with Gasteiger partial charge in [-0.1, -0.05) is 32.0 Å². The van der Waals surface area contributed by atoms with Gasteiger partial charge >= 0.3 is 0 Å². The van der Waals surface area contributed by atoms with Crippen molar-refractivity contribution in [1.29, 1.82) is 0 Å². The molecule has 1 aromatic carbocycles. The molecule has 0 radical (unpaired) electrons. The lowest BCUT2D eigenvalue weighted by Gasteiger charge is -2.16. The predicted molar refractivity (Wildman–Crippen MR) is 81.1 cm³/mol. The van der Waals surface area contributed by atoms with Crippen LogP contribution in [0, 0.1) is 13.8 Å². The summed E-state index contributed by atoms with van der Waals surface area (Å²) in [6.07, 6.45) is 1.06. The van der Waals surface area contributed by atoms with Crippen molar-refractivity contribution in [1.82, 2.24) is 9.97 Å². The van der Waals surface area contributed by atoms with Gasteiger partial charge in [0, 0.05) is 0 Å². The fraction of sp³-hybridized carbons (Fsp3) is 0.375. The van der Waals surface area contributed by atoms with E-state index in [1.807, 2.05) is 32.0 Å². The van der Waals surface area contributed by atoms with Gasteiger partial charge in [-0.25, -0.2) is 4.98 Å². The van der Waals surface area contributed by atoms with Crippen LogP contribution >= 0.6 is 0 Å². The van der Waals surface area contributed by atoms with E-state index in [1.165, 1.54) is 5.56 Å². The first-order valence-electron chi connectivity index (χ1n) is 6.90. The number of aromatic nitrogens is 2. The van der Waals surface area contributed by atoms with Gasteiger partial charge in [0.1, 0.15) is 17.4 Å². The van der Waals surface area contributed by atoms with Crippen molar-refractivity contribution in [2.75, 3.05) is 5.73 Å². The SMILES string of the molecule is CCC(C)c1ccccc1Oc1nc(C)nc(N)c1C. The highest BCUT2D eigenvalue weighted by molar-refractivity contribution is 5.47. The summed E-state index contributed by atoms with van der Waals surface area (Å²) in [5.41, 5.74) is 7.83. The molecule has 0 aliphatic carbocycles. The molecule has 20 heavy (non-hydrogen) atoms. The van der Waals surface area contributed by atoms with Crippen LogP contribution in [0.1, 0.15) is 43.1 Å². The molecule has 0 amide bonds. The van der Waals surface area contributed by atoms with Gasteiger partial charge in [-0.2, -0.15) is 4.98 Å². The molecule has 2 aromatic rings. The fourth-order valence-electron chi connectivity index (χ4n) is 2.03. The number of nitrogen functional groups attached to an aromatic ring is 1. The van der Waals surface area contributed by atoms with Gasteiger partial charge in [-0.3, -0.25) is 0 Å². The zero-order valence-electron chi connectivity index (χ0n) is 12.5. The predicted octanol–water partition coefficient (Wildman–Crippen LogP) is 3.98. The summed E-state index contributed by atoms with van der Waals surface area (Å²) in [5.74, 6) is 2.89. The van der Waals surface area contributed by atoms with Crippen molar-refractivity contribution < 1.29 is 4.74 Å². The molecule has 2 N–H and O–H groups in total. The standard InChI is InChI=1S/C16H21N3O/c1-5-10(2)13-8-6-7-9-14(13)20-16-11(3)15(17)18-12(4)19-16/h6-10H,5H2,1-4H3,(H2,17,18,19). The first-order valence-corrected chi connectivity index (χ1v) is 6.90. The van der Waals surface area contributed by atoms with E-state index in [0.29, 0.717) is 23.4 Å². The van der Waals surface area contributed by atoms with Crippen LogP contribution in [0.5, 0.6) is 11.6 Å². The number of benzene rings is 1. The number of anilines is 1. The molecule has 1 unspecified atom stereocenters. The molecular formula is C16H21N3O. The van der Waals surface area contributed by atoms with Crippen LogP contribution in [0.15, 0.2) is 24.3 Å². The van der Waals surface area contributed by atoms with Crippen LogP contribution in [0.4, 0.5) is 5.82 Å². The average Bonchev–Trinajstić information content (AvgIpc) is 2.44. The van der Waals surface area contributed by atoms with E-state index in [9.17, 15) is 0 Å². The van der Waals surface area contributed by atoms with Crippen molar-refractivity contribution in [3.63, 3.8) is 0 Å². The normalized spacial score (nSPS) is 12.2. The molecule has 0 saturated carbocycles. The molecule has 0 aliphatic rings. The zero-order chi connectivity index (χ0) is 14.7. The molecule has 4 nitrogen and oxygen atoms in total. The van der Waals surface area contributed by atoms with Crippen LogP contribution in [0.2, 0.25) is 0 Å². The summed E-state index contributed by atoms with van der Waals surface area (Å²) in [5, 5.41) is 0. The summed E-state index contributed by atoms with van der Waals surface area (Å²) in [4.78, 5) is 8.48. The lowest BCUT2D eigenvalue weighted by molar-refractivity contribution is 0.446. The maximum Gasteiger partial charge on any atom is 0.227 e. The highest BCUT2D eigenvalue weighted by Gasteiger charge is 2.14. The van der Waals surface area contributed by atoms with Gasteiger partial charge in [0.05, 0.1) is 5.56 Å². The van der Waals surface area contributed by atoms with Crippen molar-refractivity contribution in [3.05, 3.63) is 41.2 Å². The molecule has 1 atom stereocenters. The summed E-state index contributed by atoms with van der Waals surface area (Å²) >= 11 is 0. The fourth-order valence-corrected chi connectivity index (χ4v) is 2.03. The molecule has 1 heterocycles. The van der Waals surface area contributed by atoms with Gasteiger partial charge in [0.2, 0.25) is 5.88 Å². The Bertz CT molecular complexity index is 611. The van der Waals surface area contributed by atoms with E-state index in [0.717, 1.165) is 17.7 Å². The number of nitrogens with zero attached hydrogens (tertiary/aromatic N) is 2. The van der Waals surface area contributed by atoms with Crippen molar-refractivity contribution in [2.45, 2.75) is 40.0 Å². The van der Waals surface area contributed by atoms with Gasteiger partial charge in [-0.05, 0) is 37.8 Å². The molecule has 106 valence electrons. The molecule has 4 heteroatoms. The Hall–Kier alpha value is -2.10. The van der Waals surface area contributed by atoms with Crippen molar-refractivity contribution in [3.8, 4) is 11.6 Å². The number of hydrogen-bond acceptors (Lipinski definition) is 4. The maximum absolute atomic E-state index is 5.99. The average molecular weight is 271 g/mol. The molecule has 0 spiro atoms. The monoisotopic (exact) mass is 271 g/mol. The van der Waals surface area contributed by atoms with E-state index in [-0.39, 0.29) is 0 Å². The van der Waals surface area contributed by atoms with Crippen molar-refractivity contribution >= 4 is 5.82 Å². The highest BCUT2D eigenvalue weighted by atomic mass is 16.5. The Balaban J connectivity index is 2.40.